The van der Waals surface area contributed by atoms with E-state index in [9.17, 15) is 24.2 Å². The number of ether oxygens (including phenoxy) is 2. The molecule has 7 nitrogen and oxygen atoms in total. The van der Waals surface area contributed by atoms with Crippen LogP contribution in [0.3, 0.4) is 0 Å². The summed E-state index contributed by atoms with van der Waals surface area (Å²) in [4.78, 5) is 27.7. The van der Waals surface area contributed by atoms with Crippen molar-refractivity contribution in [3.8, 4) is 17.2 Å². The minimum atomic E-state index is -1.11. The maximum absolute atomic E-state index is 13.9. The zero-order chi connectivity index (χ0) is 26.7. The number of hydrogen-bond acceptors (Lipinski definition) is 6. The molecule has 1 heterocycles. The summed E-state index contributed by atoms with van der Waals surface area (Å²) in [5.74, 6) is -2.34. The van der Waals surface area contributed by atoms with Gasteiger partial charge in [-0.1, -0.05) is 24.6 Å². The number of halogens is 2. The van der Waals surface area contributed by atoms with Crippen molar-refractivity contribution in [1.82, 2.24) is 0 Å². The molecule has 9 heteroatoms. The van der Waals surface area contributed by atoms with E-state index in [-0.39, 0.29) is 34.4 Å². The number of nitrogens with zero attached hydrogens (tertiary/aromatic N) is 1. The highest BCUT2D eigenvalue weighted by molar-refractivity contribution is 6.51. The van der Waals surface area contributed by atoms with Gasteiger partial charge in [0.05, 0.1) is 29.9 Å². The number of hydrogen-bond donors (Lipinski definition) is 2. The molecule has 1 aliphatic rings. The lowest BCUT2D eigenvalue weighted by Crippen LogP contribution is -2.29. The summed E-state index contributed by atoms with van der Waals surface area (Å²) in [7, 11) is 0. The minimum Gasteiger partial charge on any atom is -0.507 e. The molecular formula is C28H25ClFNO6. The standard InChI is InChI=1S/C28H25ClFNO6/c1-3-13-37-19-9-5-16(6-10-19)26(33)24-25(17-7-12-22(32)23(14-17)36-4-2)31(28(35)27(24)34)18-8-11-21(30)20(29)15-18/h5-12,14-15,25,32-33H,3-4,13H2,1-2H3/b26-24+. The van der Waals surface area contributed by atoms with Crippen molar-refractivity contribution in [2.45, 2.75) is 26.3 Å². The quantitative estimate of drug-likeness (QED) is 0.213. The number of aliphatic hydroxyl groups is 1. The summed E-state index contributed by atoms with van der Waals surface area (Å²) in [6.07, 6.45) is 0.828. The van der Waals surface area contributed by atoms with Gasteiger partial charge in [-0.25, -0.2) is 4.39 Å². The molecule has 0 aromatic heterocycles. The number of ketones is 1. The number of amides is 1. The van der Waals surface area contributed by atoms with Crippen LogP contribution in [-0.4, -0.2) is 35.1 Å². The third-order valence-corrected chi connectivity index (χ3v) is 6.12. The second-order valence-corrected chi connectivity index (χ2v) is 8.71. The Labute approximate surface area is 218 Å². The molecule has 0 bridgehead atoms. The molecule has 37 heavy (non-hydrogen) atoms. The largest absolute Gasteiger partial charge is 0.507 e. The zero-order valence-electron chi connectivity index (χ0n) is 20.2. The zero-order valence-corrected chi connectivity index (χ0v) is 21.0. The maximum atomic E-state index is 13.9. The number of aliphatic hydroxyl groups excluding tert-OH is 1. The van der Waals surface area contributed by atoms with Crippen LogP contribution in [0.4, 0.5) is 10.1 Å². The van der Waals surface area contributed by atoms with Crippen molar-refractivity contribution >= 4 is 34.7 Å². The van der Waals surface area contributed by atoms with Crippen LogP contribution in [0.5, 0.6) is 17.2 Å². The average Bonchev–Trinajstić information content (AvgIpc) is 3.16. The Morgan fingerprint density at radius 2 is 1.76 bits per heavy atom. The predicted octanol–water partition coefficient (Wildman–Crippen LogP) is 6.00. The summed E-state index contributed by atoms with van der Waals surface area (Å²) >= 11 is 5.98. The molecule has 192 valence electrons. The Morgan fingerprint density at radius 3 is 2.41 bits per heavy atom. The van der Waals surface area contributed by atoms with Gasteiger partial charge < -0.3 is 19.7 Å². The van der Waals surface area contributed by atoms with Gasteiger partial charge in [0.15, 0.2) is 11.5 Å². The van der Waals surface area contributed by atoms with E-state index in [1.54, 1.807) is 31.2 Å². The summed E-state index contributed by atoms with van der Waals surface area (Å²) in [5, 5.41) is 21.2. The summed E-state index contributed by atoms with van der Waals surface area (Å²) in [6.45, 7) is 4.51. The number of anilines is 1. The van der Waals surface area contributed by atoms with Gasteiger partial charge in [0.1, 0.15) is 17.3 Å². The van der Waals surface area contributed by atoms with Crippen molar-refractivity contribution in [2.24, 2.45) is 0 Å². The van der Waals surface area contributed by atoms with Gasteiger partial charge in [-0.05, 0) is 73.5 Å². The van der Waals surface area contributed by atoms with Crippen LogP contribution in [-0.2, 0) is 9.59 Å². The highest BCUT2D eigenvalue weighted by atomic mass is 35.5. The van der Waals surface area contributed by atoms with Gasteiger partial charge in [0.25, 0.3) is 11.7 Å². The lowest BCUT2D eigenvalue weighted by atomic mass is 9.94. The molecule has 0 radical (unpaired) electrons. The van der Waals surface area contributed by atoms with Gasteiger partial charge in [-0.15, -0.1) is 0 Å². The number of carbonyl (C=O) groups is 2. The van der Waals surface area contributed by atoms with Crippen LogP contribution in [0.1, 0.15) is 37.4 Å². The first-order chi connectivity index (χ1) is 17.8. The molecule has 0 aliphatic carbocycles. The topological polar surface area (TPSA) is 96.3 Å². The SMILES string of the molecule is CCCOc1ccc(/C(O)=C2\C(=O)C(=O)N(c3ccc(F)c(Cl)c3)C2c2ccc(O)c(OCC)c2)cc1. The van der Waals surface area contributed by atoms with Gasteiger partial charge in [-0.2, -0.15) is 0 Å². The van der Waals surface area contributed by atoms with E-state index >= 15 is 0 Å². The molecule has 0 spiro atoms. The number of benzene rings is 3. The molecule has 4 rings (SSSR count). The molecule has 1 unspecified atom stereocenters. The van der Waals surface area contributed by atoms with E-state index in [2.05, 4.69) is 0 Å². The number of phenols is 1. The first-order valence-electron chi connectivity index (χ1n) is 11.7. The van der Waals surface area contributed by atoms with Crippen LogP contribution in [0.25, 0.3) is 5.76 Å². The summed E-state index contributed by atoms with van der Waals surface area (Å²) < 4.78 is 25.0. The van der Waals surface area contributed by atoms with Crippen molar-refractivity contribution in [1.29, 1.82) is 0 Å². The van der Waals surface area contributed by atoms with Crippen molar-refractivity contribution in [2.75, 3.05) is 18.1 Å². The fourth-order valence-corrected chi connectivity index (χ4v) is 4.28. The van der Waals surface area contributed by atoms with Gasteiger partial charge in [0, 0.05) is 11.3 Å². The fourth-order valence-electron chi connectivity index (χ4n) is 4.11. The second kappa shape index (κ2) is 10.9. The highest BCUT2D eigenvalue weighted by Crippen LogP contribution is 2.44. The van der Waals surface area contributed by atoms with E-state index in [4.69, 9.17) is 21.1 Å². The number of carbonyl (C=O) groups excluding carboxylic acids is 2. The summed E-state index contributed by atoms with van der Waals surface area (Å²) in [5.41, 5.74) is 0.658. The molecule has 2 N–H and O–H groups in total. The number of aromatic hydroxyl groups is 1. The normalized spacial score (nSPS) is 16.8. The van der Waals surface area contributed by atoms with Crippen molar-refractivity contribution < 1.29 is 33.7 Å². The fraction of sp³-hybridized carbons (Fsp3) is 0.214. The Balaban J connectivity index is 1.89. The monoisotopic (exact) mass is 525 g/mol. The van der Waals surface area contributed by atoms with Gasteiger partial charge in [0.2, 0.25) is 0 Å². The molecule has 3 aromatic rings. The smallest absolute Gasteiger partial charge is 0.300 e. The van der Waals surface area contributed by atoms with Crippen LogP contribution >= 0.6 is 11.6 Å². The molecule has 0 saturated carbocycles. The van der Waals surface area contributed by atoms with Crippen LogP contribution in [0.2, 0.25) is 5.02 Å². The van der Waals surface area contributed by atoms with E-state index in [1.807, 2.05) is 6.92 Å². The second-order valence-electron chi connectivity index (χ2n) is 8.30. The van der Waals surface area contributed by atoms with Crippen LogP contribution < -0.4 is 14.4 Å². The average molecular weight is 526 g/mol. The van der Waals surface area contributed by atoms with E-state index in [0.717, 1.165) is 17.4 Å². The number of rotatable bonds is 8. The van der Waals surface area contributed by atoms with Gasteiger partial charge in [-0.3, -0.25) is 14.5 Å². The first kappa shape index (κ1) is 26.0. The lowest BCUT2D eigenvalue weighted by molar-refractivity contribution is -0.132. The lowest BCUT2D eigenvalue weighted by Gasteiger charge is -2.26. The number of phenolic OH excluding ortho intramolecular Hbond substituents is 1. The van der Waals surface area contributed by atoms with Crippen molar-refractivity contribution in [3.63, 3.8) is 0 Å². The van der Waals surface area contributed by atoms with E-state index in [1.165, 1.54) is 30.3 Å². The highest BCUT2D eigenvalue weighted by Gasteiger charge is 2.47. The van der Waals surface area contributed by atoms with E-state index in [0.29, 0.717) is 23.5 Å². The third kappa shape index (κ3) is 5.11. The Kier molecular flexibility index (Phi) is 7.69. The Hall–Kier alpha value is -4.04. The summed E-state index contributed by atoms with van der Waals surface area (Å²) in [6, 6.07) is 13.4. The Morgan fingerprint density at radius 1 is 1.03 bits per heavy atom. The van der Waals surface area contributed by atoms with Crippen LogP contribution in [0.15, 0.2) is 66.2 Å². The van der Waals surface area contributed by atoms with Gasteiger partial charge >= 0.3 is 0 Å². The Bertz CT molecular complexity index is 1370. The molecule has 1 amide bonds. The van der Waals surface area contributed by atoms with E-state index < -0.39 is 29.3 Å². The minimum absolute atomic E-state index is 0.130. The number of Topliss-reactive ketones (excluding diaryl/α,β-unsaturated/α-hetero) is 1. The molecule has 1 saturated heterocycles. The first-order valence-corrected chi connectivity index (χ1v) is 12.1. The van der Waals surface area contributed by atoms with Crippen molar-refractivity contribution in [3.05, 3.63) is 88.2 Å². The molecule has 1 atom stereocenters. The molecule has 1 fully saturated rings. The maximum Gasteiger partial charge on any atom is 0.300 e. The van der Waals surface area contributed by atoms with Crippen LogP contribution in [0, 0.1) is 5.82 Å². The molecule has 1 aliphatic heterocycles. The predicted molar refractivity (Wildman–Crippen MR) is 138 cm³/mol. The molecule has 3 aromatic carbocycles. The third-order valence-electron chi connectivity index (χ3n) is 5.83. The molecular weight excluding hydrogens is 501 g/mol.